The zero-order chi connectivity index (χ0) is 10.6. The highest BCUT2D eigenvalue weighted by Crippen LogP contribution is 2.14. The Labute approximate surface area is 81.1 Å². The summed E-state index contributed by atoms with van der Waals surface area (Å²) in [6.45, 7) is 2.21. The number of nitrogens with two attached hydrogens (primary N) is 1. The summed E-state index contributed by atoms with van der Waals surface area (Å²) in [7, 11) is 1.59. The normalized spacial score (nSPS) is 12.4. The van der Waals surface area contributed by atoms with Crippen molar-refractivity contribution in [3.8, 4) is 5.75 Å². The van der Waals surface area contributed by atoms with Crippen LogP contribution in [-0.2, 0) is 4.74 Å². The molecule has 1 aromatic rings. The van der Waals surface area contributed by atoms with Crippen LogP contribution in [0.1, 0.15) is 6.92 Å². The van der Waals surface area contributed by atoms with Gasteiger partial charge in [-0.3, -0.25) is 0 Å². The van der Waals surface area contributed by atoms with Gasteiger partial charge < -0.3 is 20.2 Å². The predicted molar refractivity (Wildman–Crippen MR) is 51.2 cm³/mol. The van der Waals surface area contributed by atoms with E-state index in [1.807, 2.05) is 6.92 Å². The van der Waals surface area contributed by atoms with Crippen molar-refractivity contribution in [3.05, 3.63) is 16.7 Å². The van der Waals surface area contributed by atoms with Gasteiger partial charge in [-0.15, -0.1) is 0 Å². The van der Waals surface area contributed by atoms with E-state index in [9.17, 15) is 4.79 Å². The molecular formula is C8H13N3O3. The Morgan fingerprint density at radius 2 is 2.43 bits per heavy atom. The van der Waals surface area contributed by atoms with Crippen LogP contribution in [-0.4, -0.2) is 29.8 Å². The quantitative estimate of drug-likeness (QED) is 0.698. The summed E-state index contributed by atoms with van der Waals surface area (Å²) in [5.41, 5.74) is 4.96. The van der Waals surface area contributed by atoms with Gasteiger partial charge in [0.25, 0.3) is 0 Å². The maximum atomic E-state index is 10.7. The van der Waals surface area contributed by atoms with E-state index in [1.165, 1.54) is 6.20 Å². The lowest BCUT2D eigenvalue weighted by Gasteiger charge is -2.11. The molecule has 6 heteroatoms. The molecule has 0 aromatic carbocycles. The zero-order valence-electron chi connectivity index (χ0n) is 8.11. The van der Waals surface area contributed by atoms with Gasteiger partial charge in [-0.2, -0.15) is 4.98 Å². The van der Waals surface area contributed by atoms with Gasteiger partial charge in [-0.1, -0.05) is 0 Å². The lowest BCUT2D eigenvalue weighted by molar-refractivity contribution is 0.0717. The average molecular weight is 199 g/mol. The number of rotatable bonds is 4. The first kappa shape index (κ1) is 10.5. The third-order valence-electron chi connectivity index (χ3n) is 1.68. The monoisotopic (exact) mass is 199 g/mol. The number of methoxy groups -OCH3 is 1. The summed E-state index contributed by atoms with van der Waals surface area (Å²) >= 11 is 0. The fourth-order valence-electron chi connectivity index (χ4n) is 0.789. The Morgan fingerprint density at radius 1 is 1.71 bits per heavy atom. The molecule has 0 saturated carbocycles. The van der Waals surface area contributed by atoms with Crippen LogP contribution in [0.25, 0.3) is 0 Å². The zero-order valence-corrected chi connectivity index (χ0v) is 8.11. The van der Waals surface area contributed by atoms with Gasteiger partial charge in [-0.25, -0.2) is 4.79 Å². The molecule has 0 amide bonds. The van der Waals surface area contributed by atoms with Crippen LogP contribution in [0, 0.1) is 0 Å². The molecule has 1 unspecified atom stereocenters. The maximum absolute atomic E-state index is 10.7. The number of ether oxygens (including phenoxy) is 2. The molecule has 0 aliphatic heterocycles. The van der Waals surface area contributed by atoms with Crippen LogP contribution in [0.5, 0.6) is 5.75 Å². The van der Waals surface area contributed by atoms with Gasteiger partial charge in [0.05, 0.1) is 12.3 Å². The van der Waals surface area contributed by atoms with Crippen LogP contribution in [0.15, 0.2) is 11.0 Å². The molecule has 14 heavy (non-hydrogen) atoms. The molecular weight excluding hydrogens is 186 g/mol. The van der Waals surface area contributed by atoms with Crippen molar-refractivity contribution in [1.29, 1.82) is 0 Å². The number of anilines is 1. The van der Waals surface area contributed by atoms with Gasteiger partial charge in [0.15, 0.2) is 11.6 Å². The molecule has 0 bridgehead atoms. The van der Waals surface area contributed by atoms with Crippen LogP contribution < -0.4 is 16.2 Å². The second kappa shape index (κ2) is 4.61. The molecule has 1 atom stereocenters. The number of nitrogens with one attached hydrogen (secondary N) is 1. The number of aromatic amines is 1. The van der Waals surface area contributed by atoms with Crippen molar-refractivity contribution in [2.24, 2.45) is 0 Å². The SMILES string of the molecule is COC(C)COc1c[nH]c(=O)nc1N. The Hall–Kier alpha value is -1.56. The first-order valence-electron chi connectivity index (χ1n) is 4.14. The van der Waals surface area contributed by atoms with Crippen molar-refractivity contribution in [2.75, 3.05) is 19.5 Å². The van der Waals surface area contributed by atoms with E-state index in [1.54, 1.807) is 7.11 Å². The Balaban J connectivity index is 2.63. The van der Waals surface area contributed by atoms with Crippen LogP contribution >= 0.6 is 0 Å². The number of hydrogen-bond acceptors (Lipinski definition) is 5. The maximum Gasteiger partial charge on any atom is 0.347 e. The fourth-order valence-corrected chi connectivity index (χ4v) is 0.789. The third kappa shape index (κ3) is 2.74. The van der Waals surface area contributed by atoms with E-state index < -0.39 is 5.69 Å². The summed E-state index contributed by atoms with van der Waals surface area (Å²) in [6.07, 6.45) is 1.34. The van der Waals surface area contributed by atoms with E-state index in [0.29, 0.717) is 12.4 Å². The van der Waals surface area contributed by atoms with Gasteiger partial charge >= 0.3 is 5.69 Å². The number of hydrogen-bond donors (Lipinski definition) is 2. The van der Waals surface area contributed by atoms with E-state index >= 15 is 0 Å². The molecule has 1 aromatic heterocycles. The van der Waals surface area contributed by atoms with E-state index in [-0.39, 0.29) is 11.9 Å². The molecule has 1 heterocycles. The lowest BCUT2D eigenvalue weighted by Crippen LogP contribution is -2.19. The number of aromatic nitrogens is 2. The largest absolute Gasteiger partial charge is 0.485 e. The molecule has 1 rings (SSSR count). The van der Waals surface area contributed by atoms with Crippen molar-refractivity contribution in [3.63, 3.8) is 0 Å². The lowest BCUT2D eigenvalue weighted by atomic mass is 10.4. The number of H-pyrrole nitrogens is 1. The minimum atomic E-state index is -0.491. The summed E-state index contributed by atoms with van der Waals surface area (Å²) in [6, 6.07) is 0. The number of nitrogen functional groups attached to an aromatic ring is 1. The minimum absolute atomic E-state index is 0.0404. The Bertz CT molecular complexity index is 350. The van der Waals surface area contributed by atoms with E-state index in [2.05, 4.69) is 9.97 Å². The molecule has 0 spiro atoms. The molecule has 0 radical (unpaired) electrons. The molecule has 78 valence electrons. The predicted octanol–water partition coefficient (Wildman–Crippen LogP) is -0.234. The second-order valence-electron chi connectivity index (χ2n) is 2.81. The molecule has 6 nitrogen and oxygen atoms in total. The summed E-state index contributed by atoms with van der Waals surface area (Å²) < 4.78 is 10.2. The van der Waals surface area contributed by atoms with Crippen LogP contribution in [0.4, 0.5) is 5.82 Å². The highest BCUT2D eigenvalue weighted by Gasteiger charge is 2.05. The third-order valence-corrected chi connectivity index (χ3v) is 1.68. The average Bonchev–Trinajstić information content (AvgIpc) is 2.16. The van der Waals surface area contributed by atoms with E-state index in [0.717, 1.165) is 0 Å². The molecule has 3 N–H and O–H groups in total. The molecule has 0 fully saturated rings. The summed E-state index contributed by atoms with van der Waals surface area (Å²) in [4.78, 5) is 16.6. The molecule has 0 saturated heterocycles. The van der Waals surface area contributed by atoms with E-state index in [4.69, 9.17) is 15.2 Å². The van der Waals surface area contributed by atoms with Gasteiger partial charge in [0, 0.05) is 7.11 Å². The first-order valence-corrected chi connectivity index (χ1v) is 4.14. The Kier molecular flexibility index (Phi) is 3.47. The molecule has 0 aliphatic rings. The Morgan fingerprint density at radius 3 is 3.00 bits per heavy atom. The van der Waals surface area contributed by atoms with Crippen LogP contribution in [0.3, 0.4) is 0 Å². The summed E-state index contributed by atoms with van der Waals surface area (Å²) in [5, 5.41) is 0. The van der Waals surface area contributed by atoms with Crippen molar-refractivity contribution >= 4 is 5.82 Å². The standard InChI is InChI=1S/C8H13N3O3/c1-5(13-2)4-14-6-3-10-8(12)11-7(6)9/h3,5H,4H2,1-2H3,(H3,9,10,11,12). The minimum Gasteiger partial charge on any atom is -0.485 e. The fraction of sp³-hybridized carbons (Fsp3) is 0.500. The highest BCUT2D eigenvalue weighted by atomic mass is 16.5. The highest BCUT2D eigenvalue weighted by molar-refractivity contribution is 5.42. The smallest absolute Gasteiger partial charge is 0.347 e. The van der Waals surface area contributed by atoms with Gasteiger partial charge in [0.1, 0.15) is 6.61 Å². The van der Waals surface area contributed by atoms with Crippen molar-refractivity contribution < 1.29 is 9.47 Å². The molecule has 0 aliphatic carbocycles. The van der Waals surface area contributed by atoms with Crippen LogP contribution in [0.2, 0.25) is 0 Å². The first-order chi connectivity index (χ1) is 6.63. The second-order valence-corrected chi connectivity index (χ2v) is 2.81. The summed E-state index contributed by atoms with van der Waals surface area (Å²) in [5.74, 6) is 0.436. The van der Waals surface area contributed by atoms with Crippen molar-refractivity contribution in [1.82, 2.24) is 9.97 Å². The topological polar surface area (TPSA) is 90.2 Å². The number of nitrogens with zero attached hydrogens (tertiary/aromatic N) is 1. The van der Waals surface area contributed by atoms with Crippen molar-refractivity contribution in [2.45, 2.75) is 13.0 Å². The van der Waals surface area contributed by atoms with Gasteiger partial charge in [0.2, 0.25) is 0 Å². The van der Waals surface area contributed by atoms with Gasteiger partial charge in [-0.05, 0) is 6.92 Å².